The first-order valence-corrected chi connectivity index (χ1v) is 13.0. The number of fused-ring (bicyclic) bond motifs is 1. The molecule has 1 fully saturated rings. The van der Waals surface area contributed by atoms with E-state index in [2.05, 4.69) is 59.8 Å². The standard InChI is InChI=1S/C29H50O2/c1-8-10-11-19-27(6,30)20-12-14-23(3)15-13-21-28(7)22-18-26-17-16-24(4)25(5)29(26,9-2)31-28/h15-17,25,30H,8-14,18-22H2,1-7H3/b23-15+. The average molecular weight is 431 g/mol. The molecule has 0 spiro atoms. The van der Waals surface area contributed by atoms with Gasteiger partial charge in [-0.25, -0.2) is 0 Å². The summed E-state index contributed by atoms with van der Waals surface area (Å²) >= 11 is 0. The highest BCUT2D eigenvalue weighted by molar-refractivity contribution is 5.36. The molecule has 2 heteroatoms. The monoisotopic (exact) mass is 430 g/mol. The van der Waals surface area contributed by atoms with Crippen LogP contribution in [0.1, 0.15) is 126 Å². The highest BCUT2D eigenvalue weighted by Crippen LogP contribution is 2.50. The molecule has 0 aromatic rings. The van der Waals surface area contributed by atoms with E-state index in [1.165, 1.54) is 29.6 Å². The van der Waals surface area contributed by atoms with Crippen LogP contribution in [-0.2, 0) is 4.74 Å². The summed E-state index contributed by atoms with van der Waals surface area (Å²) in [5.41, 5.74) is 3.76. The van der Waals surface area contributed by atoms with E-state index in [-0.39, 0.29) is 11.2 Å². The zero-order valence-corrected chi connectivity index (χ0v) is 21.7. The first kappa shape index (κ1) is 26.4. The van der Waals surface area contributed by atoms with Gasteiger partial charge in [-0.3, -0.25) is 0 Å². The Bertz CT molecular complexity index is 668. The van der Waals surface area contributed by atoms with Crippen LogP contribution >= 0.6 is 0 Å². The summed E-state index contributed by atoms with van der Waals surface area (Å²) in [5, 5.41) is 10.6. The Kier molecular flexibility index (Phi) is 9.64. The van der Waals surface area contributed by atoms with Crippen molar-refractivity contribution in [3.05, 3.63) is 34.9 Å². The lowest BCUT2D eigenvalue weighted by molar-refractivity contribution is -0.175. The van der Waals surface area contributed by atoms with E-state index in [1.54, 1.807) is 0 Å². The van der Waals surface area contributed by atoms with Crippen molar-refractivity contribution in [3.63, 3.8) is 0 Å². The molecule has 2 aliphatic rings. The van der Waals surface area contributed by atoms with Gasteiger partial charge in [0, 0.05) is 5.92 Å². The van der Waals surface area contributed by atoms with Crippen LogP contribution in [0.4, 0.5) is 0 Å². The molecule has 2 nitrogen and oxygen atoms in total. The lowest BCUT2D eigenvalue weighted by Crippen LogP contribution is -2.53. The molecule has 4 atom stereocenters. The van der Waals surface area contributed by atoms with Crippen molar-refractivity contribution in [2.75, 3.05) is 0 Å². The fourth-order valence-corrected chi connectivity index (χ4v) is 5.64. The quantitative estimate of drug-likeness (QED) is 0.248. The SMILES string of the molecule is CCCCCC(C)(O)CCC/C(C)=C/CCC1(C)CCC2=CC=C(C)C(C)C2(CC)O1. The molecule has 0 aromatic heterocycles. The van der Waals surface area contributed by atoms with Crippen LogP contribution in [-0.4, -0.2) is 21.9 Å². The Labute approximate surface area is 193 Å². The minimum atomic E-state index is -0.498. The van der Waals surface area contributed by atoms with Crippen molar-refractivity contribution in [1.29, 1.82) is 0 Å². The lowest BCUT2D eigenvalue weighted by Gasteiger charge is -2.53. The molecule has 1 aliphatic carbocycles. The molecule has 4 unspecified atom stereocenters. The second-order valence-corrected chi connectivity index (χ2v) is 11.0. The van der Waals surface area contributed by atoms with Gasteiger partial charge in [-0.05, 0) is 91.1 Å². The summed E-state index contributed by atoms with van der Waals surface area (Å²) in [6.07, 6.45) is 20.1. The Hall–Kier alpha value is -0.860. The van der Waals surface area contributed by atoms with Gasteiger partial charge in [0.05, 0.1) is 16.8 Å². The number of allylic oxidation sites excluding steroid dienone is 4. The second-order valence-electron chi connectivity index (χ2n) is 11.0. The molecule has 178 valence electrons. The van der Waals surface area contributed by atoms with Gasteiger partial charge in [0.25, 0.3) is 0 Å². The zero-order valence-electron chi connectivity index (χ0n) is 21.7. The van der Waals surface area contributed by atoms with Crippen molar-refractivity contribution >= 4 is 0 Å². The summed E-state index contributed by atoms with van der Waals surface area (Å²) < 4.78 is 6.98. The van der Waals surface area contributed by atoms with Crippen molar-refractivity contribution < 1.29 is 9.84 Å². The number of aliphatic hydroxyl groups is 1. The van der Waals surface area contributed by atoms with Crippen LogP contribution < -0.4 is 0 Å². The Morgan fingerprint density at radius 1 is 1.23 bits per heavy atom. The highest BCUT2D eigenvalue weighted by atomic mass is 16.5. The van der Waals surface area contributed by atoms with Gasteiger partial charge in [0.2, 0.25) is 0 Å². The third-order valence-corrected chi connectivity index (χ3v) is 8.12. The molecule has 0 aromatic carbocycles. The van der Waals surface area contributed by atoms with E-state index in [9.17, 15) is 5.11 Å². The molecular formula is C29H50O2. The molecule has 1 N–H and O–H groups in total. The van der Waals surface area contributed by atoms with Crippen LogP contribution in [0, 0.1) is 5.92 Å². The van der Waals surface area contributed by atoms with Gasteiger partial charge in [-0.15, -0.1) is 0 Å². The van der Waals surface area contributed by atoms with E-state index in [0.29, 0.717) is 5.92 Å². The van der Waals surface area contributed by atoms with E-state index in [4.69, 9.17) is 4.74 Å². The molecule has 0 saturated carbocycles. The fourth-order valence-electron chi connectivity index (χ4n) is 5.64. The smallest absolute Gasteiger partial charge is 0.0961 e. The van der Waals surface area contributed by atoms with Crippen molar-refractivity contribution in [2.24, 2.45) is 5.92 Å². The van der Waals surface area contributed by atoms with Gasteiger partial charge in [0.15, 0.2) is 0 Å². The maximum atomic E-state index is 10.6. The normalized spacial score (nSPS) is 31.0. The minimum Gasteiger partial charge on any atom is -0.390 e. The minimum absolute atomic E-state index is 0.0427. The molecule has 1 heterocycles. The summed E-state index contributed by atoms with van der Waals surface area (Å²) in [4.78, 5) is 0. The third kappa shape index (κ3) is 7.06. The number of unbranched alkanes of at least 4 members (excludes halogenated alkanes) is 2. The fraction of sp³-hybridized carbons (Fsp3) is 0.793. The maximum absolute atomic E-state index is 10.6. The molecule has 1 aliphatic heterocycles. The summed E-state index contributed by atoms with van der Waals surface area (Å²) in [6, 6.07) is 0. The molecule has 1 saturated heterocycles. The third-order valence-electron chi connectivity index (χ3n) is 8.12. The highest BCUT2D eigenvalue weighted by Gasteiger charge is 2.49. The topological polar surface area (TPSA) is 29.5 Å². The predicted octanol–water partition coefficient (Wildman–Crippen LogP) is 8.45. The van der Waals surface area contributed by atoms with Gasteiger partial charge in [-0.2, -0.15) is 0 Å². The Morgan fingerprint density at radius 3 is 2.61 bits per heavy atom. The zero-order chi connectivity index (χ0) is 23.1. The van der Waals surface area contributed by atoms with Crippen molar-refractivity contribution in [3.8, 4) is 0 Å². The second kappa shape index (κ2) is 11.3. The molecule has 0 amide bonds. The molecular weight excluding hydrogens is 380 g/mol. The van der Waals surface area contributed by atoms with E-state index < -0.39 is 5.60 Å². The molecule has 0 radical (unpaired) electrons. The first-order valence-electron chi connectivity index (χ1n) is 13.0. The van der Waals surface area contributed by atoms with Crippen LogP contribution in [0.5, 0.6) is 0 Å². The number of hydrogen-bond donors (Lipinski definition) is 1. The van der Waals surface area contributed by atoms with Crippen LogP contribution in [0.3, 0.4) is 0 Å². The molecule has 0 bridgehead atoms. The molecule has 31 heavy (non-hydrogen) atoms. The van der Waals surface area contributed by atoms with Crippen molar-refractivity contribution in [2.45, 2.75) is 142 Å². The van der Waals surface area contributed by atoms with Crippen LogP contribution in [0.25, 0.3) is 0 Å². The number of rotatable bonds is 12. The Morgan fingerprint density at radius 2 is 1.94 bits per heavy atom. The van der Waals surface area contributed by atoms with E-state index in [1.807, 2.05) is 6.92 Å². The summed E-state index contributed by atoms with van der Waals surface area (Å²) in [6.45, 7) is 15.7. The van der Waals surface area contributed by atoms with Crippen molar-refractivity contribution in [1.82, 2.24) is 0 Å². The first-order chi connectivity index (χ1) is 14.6. The van der Waals surface area contributed by atoms with Gasteiger partial charge >= 0.3 is 0 Å². The maximum Gasteiger partial charge on any atom is 0.0961 e. The summed E-state index contributed by atoms with van der Waals surface area (Å²) in [7, 11) is 0. The van der Waals surface area contributed by atoms with Gasteiger partial charge < -0.3 is 9.84 Å². The van der Waals surface area contributed by atoms with Gasteiger partial charge in [-0.1, -0.05) is 69.4 Å². The average Bonchev–Trinajstić information content (AvgIpc) is 2.71. The Balaban J connectivity index is 1.84. The number of ether oxygens (including phenoxy) is 1. The van der Waals surface area contributed by atoms with Crippen LogP contribution in [0.2, 0.25) is 0 Å². The number of hydrogen-bond acceptors (Lipinski definition) is 2. The summed E-state index contributed by atoms with van der Waals surface area (Å²) in [5.74, 6) is 0.458. The molecule has 2 rings (SSSR count). The predicted molar refractivity (Wildman–Crippen MR) is 134 cm³/mol. The van der Waals surface area contributed by atoms with E-state index >= 15 is 0 Å². The van der Waals surface area contributed by atoms with E-state index in [0.717, 1.165) is 64.2 Å². The largest absolute Gasteiger partial charge is 0.390 e. The van der Waals surface area contributed by atoms with Gasteiger partial charge in [0.1, 0.15) is 0 Å². The van der Waals surface area contributed by atoms with Crippen LogP contribution in [0.15, 0.2) is 34.9 Å². The lowest BCUT2D eigenvalue weighted by atomic mass is 9.68.